The lowest BCUT2D eigenvalue weighted by molar-refractivity contribution is -0.116. The molecular formula is C27H22N2O4. The number of benzene rings is 2. The van der Waals surface area contributed by atoms with Crippen molar-refractivity contribution in [2.75, 3.05) is 0 Å². The maximum absolute atomic E-state index is 13.2. The van der Waals surface area contributed by atoms with Crippen molar-refractivity contribution in [2.24, 2.45) is 0 Å². The third-order valence-electron chi connectivity index (χ3n) is 5.98. The zero-order chi connectivity index (χ0) is 23.3. The number of fused-ring (bicyclic) bond motifs is 2. The number of Topliss-reactive ketones (excluding diaryl/α,β-unsaturated/α-hetero) is 2. The molecule has 6 nitrogen and oxygen atoms in total. The van der Waals surface area contributed by atoms with Crippen LogP contribution in [-0.4, -0.2) is 31.7 Å². The highest BCUT2D eigenvalue weighted by Crippen LogP contribution is 2.38. The van der Waals surface area contributed by atoms with E-state index in [1.807, 2.05) is 44.2 Å². The second kappa shape index (κ2) is 7.67. The first kappa shape index (κ1) is 20.6. The number of allylic oxidation sites excluding steroid dienone is 4. The summed E-state index contributed by atoms with van der Waals surface area (Å²) in [6.45, 7) is 4.08. The molecule has 1 aliphatic carbocycles. The molecule has 0 fully saturated rings. The summed E-state index contributed by atoms with van der Waals surface area (Å²) in [5, 5.41) is 23.0. The van der Waals surface area contributed by atoms with Crippen molar-refractivity contribution < 1.29 is 19.8 Å². The number of hydrogen-bond acceptors (Lipinski definition) is 4. The van der Waals surface area contributed by atoms with Crippen LogP contribution < -0.4 is 0 Å². The Bertz CT molecular complexity index is 1560. The summed E-state index contributed by atoms with van der Waals surface area (Å²) in [6, 6.07) is 13.0. The van der Waals surface area contributed by atoms with E-state index in [0.717, 1.165) is 23.0 Å². The van der Waals surface area contributed by atoms with Crippen molar-refractivity contribution in [1.82, 2.24) is 9.97 Å². The van der Waals surface area contributed by atoms with E-state index in [2.05, 4.69) is 16.0 Å². The van der Waals surface area contributed by atoms with E-state index in [1.54, 1.807) is 24.5 Å². The van der Waals surface area contributed by atoms with Gasteiger partial charge in [0.1, 0.15) is 0 Å². The van der Waals surface area contributed by atoms with Gasteiger partial charge in [-0.25, -0.2) is 0 Å². The second-order valence-corrected chi connectivity index (χ2v) is 8.42. The van der Waals surface area contributed by atoms with Gasteiger partial charge in [0.15, 0.2) is 11.5 Å². The molecule has 4 aromatic rings. The van der Waals surface area contributed by atoms with Crippen LogP contribution >= 0.6 is 0 Å². The second-order valence-electron chi connectivity index (χ2n) is 8.42. The summed E-state index contributed by atoms with van der Waals surface area (Å²) in [5.74, 6) is -2.93. The van der Waals surface area contributed by atoms with Gasteiger partial charge in [-0.2, -0.15) is 0 Å². The predicted octanol–water partition coefficient (Wildman–Crippen LogP) is 5.55. The molecule has 0 saturated heterocycles. The zero-order valence-electron chi connectivity index (χ0n) is 18.2. The fourth-order valence-electron chi connectivity index (χ4n) is 4.29. The molecule has 6 heteroatoms. The fourth-order valence-corrected chi connectivity index (χ4v) is 4.29. The largest absolute Gasteiger partial charge is 0.504 e. The number of H-pyrrole nitrogens is 2. The van der Waals surface area contributed by atoms with Crippen molar-refractivity contribution in [1.29, 1.82) is 0 Å². The number of rotatable bonds is 4. The number of nitrogens with one attached hydrogen (secondary N) is 2. The lowest BCUT2D eigenvalue weighted by atomic mass is 9.86. The van der Waals surface area contributed by atoms with E-state index < -0.39 is 23.1 Å². The first-order chi connectivity index (χ1) is 15.9. The van der Waals surface area contributed by atoms with Gasteiger partial charge in [-0.3, -0.25) is 9.59 Å². The monoisotopic (exact) mass is 438 g/mol. The van der Waals surface area contributed by atoms with Gasteiger partial charge in [0.25, 0.3) is 0 Å². The lowest BCUT2D eigenvalue weighted by Gasteiger charge is -2.17. The molecule has 0 saturated carbocycles. The Kier molecular flexibility index (Phi) is 4.78. The number of aromatic nitrogens is 2. The van der Waals surface area contributed by atoms with Crippen molar-refractivity contribution in [3.05, 3.63) is 94.7 Å². The fraction of sp³-hybridized carbons (Fsp3) is 0.111. The molecule has 0 unspecified atom stereocenters. The molecule has 33 heavy (non-hydrogen) atoms. The predicted molar refractivity (Wildman–Crippen MR) is 129 cm³/mol. The Labute approximate surface area is 189 Å². The smallest absolute Gasteiger partial charge is 0.232 e. The van der Waals surface area contributed by atoms with Crippen LogP contribution in [-0.2, 0) is 16.0 Å². The molecule has 0 amide bonds. The molecule has 4 N–H and O–H groups in total. The Morgan fingerprint density at radius 3 is 2.03 bits per heavy atom. The third-order valence-corrected chi connectivity index (χ3v) is 5.98. The Balaban J connectivity index is 1.59. The molecule has 2 heterocycles. The molecule has 0 bridgehead atoms. The molecule has 0 spiro atoms. The normalized spacial score (nSPS) is 14.6. The quantitative estimate of drug-likeness (QED) is 0.248. The highest BCUT2D eigenvalue weighted by molar-refractivity contribution is 6.48. The maximum atomic E-state index is 13.2. The highest BCUT2D eigenvalue weighted by atomic mass is 16.3. The Hall–Kier alpha value is -4.32. The van der Waals surface area contributed by atoms with Crippen LogP contribution in [0.4, 0.5) is 0 Å². The molecule has 1 aliphatic rings. The number of carbonyl (C=O) groups is 2. The molecule has 0 aliphatic heterocycles. The summed E-state index contributed by atoms with van der Waals surface area (Å²) in [4.78, 5) is 32.5. The molecule has 0 radical (unpaired) electrons. The van der Waals surface area contributed by atoms with Gasteiger partial charge < -0.3 is 20.2 Å². The molecule has 164 valence electrons. The topological polar surface area (TPSA) is 106 Å². The number of aliphatic hydroxyl groups is 2. The van der Waals surface area contributed by atoms with Gasteiger partial charge in [-0.1, -0.05) is 42.0 Å². The minimum Gasteiger partial charge on any atom is -0.504 e. The van der Waals surface area contributed by atoms with E-state index in [9.17, 15) is 19.8 Å². The number of para-hydroxylation sites is 1. The summed E-state index contributed by atoms with van der Waals surface area (Å²) >= 11 is 0. The van der Waals surface area contributed by atoms with Crippen LogP contribution in [0.25, 0.3) is 33.0 Å². The van der Waals surface area contributed by atoms with Crippen LogP contribution in [0.1, 0.15) is 30.5 Å². The molecule has 2 aromatic carbocycles. The first-order valence-electron chi connectivity index (χ1n) is 10.6. The SMILES string of the molecule is CC(C)=CCc1ccc2c(C3=C(O)C(=O)C(c4c[nH]c5ccccc45)=C(O)C3=O)c[nH]c2c1. The van der Waals surface area contributed by atoms with Crippen LogP contribution in [0.15, 0.2) is 78.0 Å². The summed E-state index contributed by atoms with van der Waals surface area (Å²) < 4.78 is 0. The van der Waals surface area contributed by atoms with Crippen LogP contribution in [0.2, 0.25) is 0 Å². The number of hydrogen-bond donors (Lipinski definition) is 4. The van der Waals surface area contributed by atoms with E-state index in [1.165, 1.54) is 5.57 Å². The van der Waals surface area contributed by atoms with Crippen LogP contribution in [0, 0.1) is 0 Å². The van der Waals surface area contributed by atoms with Gasteiger partial charge in [-0.05, 0) is 38.0 Å². The van der Waals surface area contributed by atoms with Crippen molar-refractivity contribution in [3.8, 4) is 0 Å². The lowest BCUT2D eigenvalue weighted by Crippen LogP contribution is -2.22. The van der Waals surface area contributed by atoms with Gasteiger partial charge in [-0.15, -0.1) is 0 Å². The molecule has 5 rings (SSSR count). The van der Waals surface area contributed by atoms with Crippen molar-refractivity contribution in [2.45, 2.75) is 20.3 Å². The van der Waals surface area contributed by atoms with Crippen molar-refractivity contribution in [3.63, 3.8) is 0 Å². The minimum atomic E-state index is -0.790. The average Bonchev–Trinajstić information content (AvgIpc) is 3.41. The van der Waals surface area contributed by atoms with E-state index >= 15 is 0 Å². The Morgan fingerprint density at radius 1 is 0.818 bits per heavy atom. The van der Waals surface area contributed by atoms with E-state index in [-0.39, 0.29) is 11.1 Å². The number of aromatic amines is 2. The number of ketones is 2. The number of carbonyl (C=O) groups excluding carboxylic acids is 2. The highest BCUT2D eigenvalue weighted by Gasteiger charge is 2.38. The summed E-state index contributed by atoms with van der Waals surface area (Å²) in [5.41, 5.74) is 4.17. The van der Waals surface area contributed by atoms with E-state index in [4.69, 9.17) is 0 Å². The average molecular weight is 438 g/mol. The zero-order valence-corrected chi connectivity index (χ0v) is 18.2. The van der Waals surface area contributed by atoms with Gasteiger partial charge in [0, 0.05) is 45.3 Å². The van der Waals surface area contributed by atoms with E-state index in [0.29, 0.717) is 21.9 Å². The Morgan fingerprint density at radius 2 is 1.39 bits per heavy atom. The number of aliphatic hydroxyl groups excluding tert-OH is 2. The minimum absolute atomic E-state index is 0.204. The summed E-state index contributed by atoms with van der Waals surface area (Å²) in [7, 11) is 0. The molecule has 2 aromatic heterocycles. The van der Waals surface area contributed by atoms with Gasteiger partial charge >= 0.3 is 0 Å². The first-order valence-corrected chi connectivity index (χ1v) is 10.6. The van der Waals surface area contributed by atoms with Gasteiger partial charge in [0.05, 0.1) is 11.1 Å². The molecule has 0 atom stereocenters. The van der Waals surface area contributed by atoms with Gasteiger partial charge in [0.2, 0.25) is 11.6 Å². The maximum Gasteiger partial charge on any atom is 0.232 e. The molecular weight excluding hydrogens is 416 g/mol. The van der Waals surface area contributed by atoms with Crippen molar-refractivity contribution >= 4 is 44.5 Å². The van der Waals surface area contributed by atoms with Crippen LogP contribution in [0.3, 0.4) is 0 Å². The van der Waals surface area contributed by atoms with Crippen LogP contribution in [0.5, 0.6) is 0 Å². The third kappa shape index (κ3) is 3.27. The summed E-state index contributed by atoms with van der Waals surface area (Å²) in [6.07, 6.45) is 6.03. The standard InChI is InChI=1S/C27H22N2O4/c1-14(2)7-8-15-9-10-17-19(13-29-21(17)11-15)23-26(32)24(30)22(25(31)27(23)33)18-12-28-20-6-4-3-5-16(18)20/h3-7,9-13,28-30,33H,8H2,1-2H3.